The molecule has 0 saturated heterocycles. The molecule has 0 bridgehead atoms. The monoisotopic (exact) mass is 394 g/mol. The number of aromatic nitrogens is 1. The number of nitrogens with two attached hydrogens (primary N) is 1. The van der Waals surface area contributed by atoms with Crippen molar-refractivity contribution in [2.75, 3.05) is 13.2 Å². The zero-order valence-corrected chi connectivity index (χ0v) is 16.3. The molecule has 0 fully saturated rings. The van der Waals surface area contributed by atoms with Gasteiger partial charge in [0.05, 0.1) is 0 Å². The largest absolute Gasteiger partial charge is 0.507 e. The quantitative estimate of drug-likeness (QED) is 0.415. The number of H-pyrrole nitrogens is 1. The lowest BCUT2D eigenvalue weighted by Gasteiger charge is -2.13. The molecule has 0 unspecified atom stereocenters. The topological polar surface area (TPSA) is 99.3 Å². The summed E-state index contributed by atoms with van der Waals surface area (Å²) in [4.78, 5) is 16.4. The molecule has 6 heteroatoms. The first-order valence-corrected chi connectivity index (χ1v) is 10.1. The molecule has 5 N–H and O–H groups in total. The molecule has 0 saturated carbocycles. The summed E-state index contributed by atoms with van der Waals surface area (Å²) < 4.78 is 0.608. The van der Waals surface area contributed by atoms with Gasteiger partial charge in [0.2, 0.25) is 0 Å². The van der Waals surface area contributed by atoms with E-state index in [0.717, 1.165) is 26.8 Å². The molecule has 28 heavy (non-hydrogen) atoms. The van der Waals surface area contributed by atoms with E-state index in [9.17, 15) is 15.0 Å². The molecule has 2 aromatic heterocycles. The summed E-state index contributed by atoms with van der Waals surface area (Å²) in [6.45, 7) is 2.68. The van der Waals surface area contributed by atoms with Crippen molar-refractivity contribution in [1.82, 2.24) is 4.98 Å². The summed E-state index contributed by atoms with van der Waals surface area (Å²) >= 11 is 1.38. The van der Waals surface area contributed by atoms with Gasteiger partial charge in [-0.2, -0.15) is 0 Å². The van der Waals surface area contributed by atoms with Crippen molar-refractivity contribution in [2.45, 2.75) is 19.3 Å². The predicted molar refractivity (Wildman–Crippen MR) is 115 cm³/mol. The number of fused-ring (bicyclic) bond motifs is 3. The zero-order chi connectivity index (χ0) is 19.8. The Morgan fingerprint density at radius 2 is 1.93 bits per heavy atom. The van der Waals surface area contributed by atoms with Crippen LogP contribution in [-0.4, -0.2) is 28.3 Å². The number of phenols is 1. The van der Waals surface area contributed by atoms with Crippen LogP contribution < -0.4 is 11.3 Å². The normalized spacial score (nSPS) is 12.7. The number of phenolic OH excluding ortho intramolecular Hbond substituents is 1. The van der Waals surface area contributed by atoms with Crippen LogP contribution in [-0.2, 0) is 6.42 Å². The SMILES string of the molecule is C[C@@H](CN)c1ccc(-c2c(O)ccc3[nH]c(=O)c4sc(CCO)cc4c23)cc1. The van der Waals surface area contributed by atoms with Crippen molar-refractivity contribution in [2.24, 2.45) is 5.73 Å². The van der Waals surface area contributed by atoms with E-state index >= 15 is 0 Å². The predicted octanol–water partition coefficient (Wildman–Crippen LogP) is 3.71. The second-order valence-corrected chi connectivity index (χ2v) is 8.16. The first-order chi connectivity index (χ1) is 13.5. The van der Waals surface area contributed by atoms with Gasteiger partial charge in [-0.15, -0.1) is 11.3 Å². The highest BCUT2D eigenvalue weighted by molar-refractivity contribution is 7.19. The van der Waals surface area contributed by atoms with Crippen molar-refractivity contribution < 1.29 is 10.2 Å². The lowest BCUT2D eigenvalue weighted by atomic mass is 9.94. The van der Waals surface area contributed by atoms with Crippen molar-refractivity contribution in [3.8, 4) is 16.9 Å². The summed E-state index contributed by atoms with van der Waals surface area (Å²) in [6.07, 6.45) is 0.500. The van der Waals surface area contributed by atoms with Gasteiger partial charge in [-0.05, 0) is 41.8 Å². The van der Waals surface area contributed by atoms with Crippen LogP contribution in [0.4, 0.5) is 0 Å². The van der Waals surface area contributed by atoms with Gasteiger partial charge in [0.15, 0.2) is 0 Å². The maximum atomic E-state index is 12.5. The van der Waals surface area contributed by atoms with Crippen molar-refractivity contribution in [3.63, 3.8) is 0 Å². The van der Waals surface area contributed by atoms with Crippen LogP contribution in [0.5, 0.6) is 5.75 Å². The molecule has 4 aromatic rings. The number of aliphatic hydroxyl groups excluding tert-OH is 1. The molecule has 0 spiro atoms. The second kappa shape index (κ2) is 7.39. The third-order valence-corrected chi connectivity index (χ3v) is 6.36. The molecular formula is C22H22N2O3S. The van der Waals surface area contributed by atoms with Gasteiger partial charge in [0, 0.05) is 39.8 Å². The van der Waals surface area contributed by atoms with E-state index < -0.39 is 0 Å². The lowest BCUT2D eigenvalue weighted by Crippen LogP contribution is -2.08. The number of pyridine rings is 1. The molecule has 1 atom stereocenters. The van der Waals surface area contributed by atoms with Crippen molar-refractivity contribution in [3.05, 3.63) is 63.3 Å². The Bertz CT molecular complexity index is 1210. The molecular weight excluding hydrogens is 372 g/mol. The fourth-order valence-electron chi connectivity index (χ4n) is 3.59. The maximum absolute atomic E-state index is 12.5. The van der Waals surface area contributed by atoms with Gasteiger partial charge in [0.25, 0.3) is 5.56 Å². The molecule has 2 aromatic carbocycles. The third-order valence-electron chi connectivity index (χ3n) is 5.17. The number of aliphatic hydroxyl groups is 1. The third kappa shape index (κ3) is 3.09. The summed E-state index contributed by atoms with van der Waals surface area (Å²) in [7, 11) is 0. The number of benzene rings is 2. The highest BCUT2D eigenvalue weighted by Crippen LogP contribution is 2.40. The highest BCUT2D eigenvalue weighted by atomic mass is 32.1. The van der Waals surface area contributed by atoms with Crippen LogP contribution in [0, 0.1) is 0 Å². The second-order valence-electron chi connectivity index (χ2n) is 7.02. The van der Waals surface area contributed by atoms with Crippen LogP contribution >= 0.6 is 11.3 Å². The average molecular weight is 394 g/mol. The molecule has 5 nitrogen and oxygen atoms in total. The van der Waals surface area contributed by atoms with Crippen LogP contribution in [0.15, 0.2) is 47.3 Å². The van der Waals surface area contributed by atoms with Crippen LogP contribution in [0.2, 0.25) is 0 Å². The number of rotatable bonds is 5. The summed E-state index contributed by atoms with van der Waals surface area (Å²) in [6, 6.07) is 13.3. The fraction of sp³-hybridized carbons (Fsp3) is 0.227. The van der Waals surface area contributed by atoms with Crippen LogP contribution in [0.1, 0.15) is 23.3 Å². The number of nitrogens with one attached hydrogen (secondary N) is 1. The number of hydrogen-bond acceptors (Lipinski definition) is 5. The Kier molecular flexibility index (Phi) is 4.93. The smallest absolute Gasteiger partial charge is 0.266 e. The Morgan fingerprint density at radius 3 is 2.61 bits per heavy atom. The maximum Gasteiger partial charge on any atom is 0.266 e. The molecule has 0 aliphatic heterocycles. The van der Waals surface area contributed by atoms with E-state index in [2.05, 4.69) is 11.9 Å². The minimum Gasteiger partial charge on any atom is -0.507 e. The van der Waals surface area contributed by atoms with E-state index in [0.29, 0.717) is 28.7 Å². The van der Waals surface area contributed by atoms with E-state index in [-0.39, 0.29) is 23.8 Å². The van der Waals surface area contributed by atoms with E-state index in [1.807, 2.05) is 30.3 Å². The van der Waals surface area contributed by atoms with Crippen molar-refractivity contribution in [1.29, 1.82) is 0 Å². The molecule has 0 aliphatic rings. The Hall–Kier alpha value is -2.67. The highest BCUT2D eigenvalue weighted by Gasteiger charge is 2.17. The first kappa shape index (κ1) is 18.7. The Morgan fingerprint density at radius 1 is 1.18 bits per heavy atom. The molecule has 144 valence electrons. The standard InChI is InChI=1S/C22H22N2O3S/c1-12(11-23)13-2-4-14(5-3-13)19-18(26)7-6-17-20(19)16-10-15(8-9-25)28-21(16)22(27)24-17/h2-7,10,12,25-26H,8-9,11,23H2,1H3,(H,24,27)/t12-/m0/s1. The number of hydrogen-bond donors (Lipinski definition) is 4. The van der Waals surface area contributed by atoms with Crippen molar-refractivity contribution >= 4 is 32.3 Å². The van der Waals surface area contributed by atoms with Gasteiger partial charge >= 0.3 is 0 Å². The minimum atomic E-state index is -0.152. The van der Waals surface area contributed by atoms with E-state index in [1.165, 1.54) is 11.3 Å². The van der Waals surface area contributed by atoms with Gasteiger partial charge in [-0.1, -0.05) is 31.2 Å². The number of aromatic hydroxyl groups is 1. The lowest BCUT2D eigenvalue weighted by molar-refractivity contribution is 0.300. The molecule has 4 rings (SSSR count). The first-order valence-electron chi connectivity index (χ1n) is 9.25. The number of thiophene rings is 1. The van der Waals surface area contributed by atoms with Gasteiger partial charge in [-0.3, -0.25) is 4.79 Å². The molecule has 2 heterocycles. The zero-order valence-electron chi connectivity index (χ0n) is 15.5. The molecule has 0 amide bonds. The summed E-state index contributed by atoms with van der Waals surface area (Å²) in [5.74, 6) is 0.423. The van der Waals surface area contributed by atoms with Gasteiger partial charge < -0.3 is 20.9 Å². The van der Waals surface area contributed by atoms with E-state index in [1.54, 1.807) is 12.1 Å². The van der Waals surface area contributed by atoms with Crippen LogP contribution in [0.25, 0.3) is 32.1 Å². The van der Waals surface area contributed by atoms with Crippen LogP contribution in [0.3, 0.4) is 0 Å². The average Bonchev–Trinajstić information content (AvgIpc) is 3.13. The summed E-state index contributed by atoms with van der Waals surface area (Å²) in [5, 5.41) is 21.6. The fourth-order valence-corrected chi connectivity index (χ4v) is 4.64. The molecule has 0 aliphatic carbocycles. The minimum absolute atomic E-state index is 0.0293. The van der Waals surface area contributed by atoms with Gasteiger partial charge in [-0.25, -0.2) is 0 Å². The summed E-state index contributed by atoms with van der Waals surface area (Å²) in [5.41, 5.74) is 9.00. The molecule has 0 radical (unpaired) electrons. The van der Waals surface area contributed by atoms with Gasteiger partial charge in [0.1, 0.15) is 10.4 Å². The Labute approximate surface area is 166 Å². The Balaban J connectivity index is 2.01. The number of aromatic amines is 1. The van der Waals surface area contributed by atoms with E-state index in [4.69, 9.17) is 5.73 Å².